The fourth-order valence-corrected chi connectivity index (χ4v) is 3.09. The van der Waals surface area contributed by atoms with Crippen LogP contribution in [0.15, 0.2) is 24.4 Å². The van der Waals surface area contributed by atoms with Crippen molar-refractivity contribution in [2.75, 3.05) is 13.2 Å². The molecule has 1 aliphatic carbocycles. The maximum Gasteiger partial charge on any atom is 0.243 e. The molecule has 2 atom stereocenters. The highest BCUT2D eigenvalue weighted by Crippen LogP contribution is 2.50. The molecule has 1 fully saturated rings. The van der Waals surface area contributed by atoms with Gasteiger partial charge in [-0.15, -0.1) is 24.8 Å². The van der Waals surface area contributed by atoms with E-state index >= 15 is 0 Å². The summed E-state index contributed by atoms with van der Waals surface area (Å²) >= 11 is 0. The van der Waals surface area contributed by atoms with Gasteiger partial charge in [-0.3, -0.25) is 9.78 Å². The standard InChI is InChI=1S/C17H27N3O2.2ClH/c1-5-20(12-13-9-7-8-10-19-13)15(21)17(18)11-14(22-6-2)16(17,3)4;;/h7-10,14H,5-6,11-12,18H2,1-4H3;2*1H. The SMILES string of the molecule is CCOC1CC(N)(C(=O)N(CC)Cc2ccccn2)C1(C)C.Cl.Cl. The lowest BCUT2D eigenvalue weighted by Gasteiger charge is -2.58. The Morgan fingerprint density at radius 2 is 2.04 bits per heavy atom. The van der Waals surface area contributed by atoms with E-state index in [0.717, 1.165) is 5.69 Å². The summed E-state index contributed by atoms with van der Waals surface area (Å²) in [6, 6.07) is 5.72. The van der Waals surface area contributed by atoms with Crippen molar-refractivity contribution in [3.8, 4) is 0 Å². The summed E-state index contributed by atoms with van der Waals surface area (Å²) in [7, 11) is 0. The van der Waals surface area contributed by atoms with Crippen molar-refractivity contribution in [3.63, 3.8) is 0 Å². The Hall–Kier alpha value is -0.880. The summed E-state index contributed by atoms with van der Waals surface area (Å²) in [5.74, 6) is -0.0124. The predicted octanol–water partition coefficient (Wildman–Crippen LogP) is 2.81. The molecule has 2 rings (SSSR count). The highest BCUT2D eigenvalue weighted by Gasteiger charge is 2.63. The van der Waals surface area contributed by atoms with Crippen LogP contribution in [0.5, 0.6) is 0 Å². The topological polar surface area (TPSA) is 68.5 Å². The Kier molecular flexibility index (Phi) is 8.67. The summed E-state index contributed by atoms with van der Waals surface area (Å²) in [6.07, 6.45) is 2.36. The molecule has 1 amide bonds. The van der Waals surface area contributed by atoms with E-state index in [1.165, 1.54) is 0 Å². The molecule has 0 spiro atoms. The van der Waals surface area contributed by atoms with Crippen molar-refractivity contribution in [1.82, 2.24) is 9.88 Å². The van der Waals surface area contributed by atoms with Crippen LogP contribution in [0.4, 0.5) is 0 Å². The Labute approximate surface area is 157 Å². The van der Waals surface area contributed by atoms with Crippen LogP contribution in [0, 0.1) is 5.41 Å². The first-order valence-corrected chi connectivity index (χ1v) is 7.96. The molecule has 1 aliphatic rings. The summed E-state index contributed by atoms with van der Waals surface area (Å²) in [4.78, 5) is 19.0. The van der Waals surface area contributed by atoms with E-state index in [1.54, 1.807) is 11.1 Å². The number of nitrogens with zero attached hydrogens (tertiary/aromatic N) is 2. The van der Waals surface area contributed by atoms with Crippen LogP contribution in [0.1, 0.15) is 39.8 Å². The number of amides is 1. The first kappa shape index (κ1) is 23.1. The number of ether oxygens (including phenoxy) is 1. The first-order valence-electron chi connectivity index (χ1n) is 7.96. The van der Waals surface area contributed by atoms with Crippen molar-refractivity contribution in [3.05, 3.63) is 30.1 Å². The van der Waals surface area contributed by atoms with Crippen molar-refractivity contribution in [2.24, 2.45) is 11.1 Å². The van der Waals surface area contributed by atoms with Gasteiger partial charge in [-0.1, -0.05) is 19.9 Å². The third-order valence-electron chi connectivity index (χ3n) is 4.96. The van der Waals surface area contributed by atoms with E-state index in [4.69, 9.17) is 10.5 Å². The lowest BCUT2D eigenvalue weighted by molar-refractivity contribution is -0.179. The average Bonchev–Trinajstić information content (AvgIpc) is 2.52. The Bertz CT molecular complexity index is 528. The fourth-order valence-electron chi connectivity index (χ4n) is 3.09. The van der Waals surface area contributed by atoms with Gasteiger partial charge in [0.05, 0.1) is 18.3 Å². The number of hydrogen-bond acceptors (Lipinski definition) is 4. The zero-order valence-corrected chi connectivity index (χ0v) is 16.5. The molecule has 1 aromatic rings. The molecule has 0 radical (unpaired) electrons. The number of halogens is 2. The molecule has 0 bridgehead atoms. The monoisotopic (exact) mass is 377 g/mol. The number of hydrogen-bond donors (Lipinski definition) is 1. The van der Waals surface area contributed by atoms with Crippen LogP contribution in [-0.4, -0.2) is 40.6 Å². The molecule has 2 N–H and O–H groups in total. The lowest BCUT2D eigenvalue weighted by Crippen LogP contribution is -2.76. The molecule has 2 unspecified atom stereocenters. The highest BCUT2D eigenvalue weighted by molar-refractivity contribution is 5.88. The van der Waals surface area contributed by atoms with Crippen molar-refractivity contribution in [1.29, 1.82) is 0 Å². The number of carbonyl (C=O) groups is 1. The second-order valence-electron chi connectivity index (χ2n) is 6.48. The van der Waals surface area contributed by atoms with Crippen LogP contribution in [0.3, 0.4) is 0 Å². The number of nitrogens with two attached hydrogens (primary N) is 1. The van der Waals surface area contributed by atoms with E-state index in [0.29, 0.717) is 26.1 Å². The molecule has 1 saturated carbocycles. The molecule has 138 valence electrons. The van der Waals surface area contributed by atoms with Gasteiger partial charge in [0.15, 0.2) is 0 Å². The van der Waals surface area contributed by atoms with Crippen LogP contribution < -0.4 is 5.73 Å². The molecular formula is C17H29Cl2N3O2. The normalized spacial score (nSPS) is 24.1. The number of pyridine rings is 1. The molecule has 24 heavy (non-hydrogen) atoms. The van der Waals surface area contributed by atoms with Gasteiger partial charge in [0, 0.05) is 31.2 Å². The van der Waals surface area contributed by atoms with Crippen LogP contribution in [0.2, 0.25) is 0 Å². The van der Waals surface area contributed by atoms with Gasteiger partial charge in [-0.2, -0.15) is 0 Å². The maximum absolute atomic E-state index is 13.0. The molecule has 7 heteroatoms. The fraction of sp³-hybridized carbons (Fsp3) is 0.647. The molecule has 0 aliphatic heterocycles. The van der Waals surface area contributed by atoms with Crippen LogP contribution in [-0.2, 0) is 16.1 Å². The van der Waals surface area contributed by atoms with Gasteiger partial charge in [-0.25, -0.2) is 0 Å². The number of likely N-dealkylation sites (N-methyl/N-ethyl adjacent to an activating group) is 1. The molecule has 0 saturated heterocycles. The molecule has 1 heterocycles. The minimum Gasteiger partial charge on any atom is -0.378 e. The Balaban J connectivity index is 0.00000264. The number of carbonyl (C=O) groups excluding carboxylic acids is 1. The first-order chi connectivity index (χ1) is 10.4. The highest BCUT2D eigenvalue weighted by atomic mass is 35.5. The van der Waals surface area contributed by atoms with E-state index < -0.39 is 5.54 Å². The van der Waals surface area contributed by atoms with Crippen LogP contribution in [0.25, 0.3) is 0 Å². The Morgan fingerprint density at radius 3 is 2.50 bits per heavy atom. The maximum atomic E-state index is 13.0. The van der Waals surface area contributed by atoms with Crippen molar-refractivity contribution >= 4 is 30.7 Å². The minimum atomic E-state index is -0.863. The van der Waals surface area contributed by atoms with E-state index in [1.807, 2.05) is 45.9 Å². The van der Waals surface area contributed by atoms with Gasteiger partial charge in [0.2, 0.25) is 5.91 Å². The van der Waals surface area contributed by atoms with Crippen molar-refractivity contribution < 1.29 is 9.53 Å². The largest absolute Gasteiger partial charge is 0.378 e. The third-order valence-corrected chi connectivity index (χ3v) is 4.96. The van der Waals surface area contributed by atoms with Gasteiger partial charge < -0.3 is 15.4 Å². The zero-order valence-electron chi connectivity index (χ0n) is 14.8. The third kappa shape index (κ3) is 4.02. The number of aromatic nitrogens is 1. The molecule has 1 aromatic heterocycles. The van der Waals surface area contributed by atoms with E-state index in [9.17, 15) is 4.79 Å². The van der Waals surface area contributed by atoms with Gasteiger partial charge in [0.25, 0.3) is 0 Å². The second kappa shape index (κ2) is 8.99. The molecule has 5 nitrogen and oxygen atoms in total. The molecular weight excluding hydrogens is 349 g/mol. The molecule has 0 aromatic carbocycles. The van der Waals surface area contributed by atoms with E-state index in [2.05, 4.69) is 4.98 Å². The summed E-state index contributed by atoms with van der Waals surface area (Å²) in [5.41, 5.74) is 6.13. The summed E-state index contributed by atoms with van der Waals surface area (Å²) in [5, 5.41) is 0. The van der Waals surface area contributed by atoms with Gasteiger partial charge >= 0.3 is 0 Å². The second-order valence-corrected chi connectivity index (χ2v) is 6.48. The smallest absolute Gasteiger partial charge is 0.243 e. The minimum absolute atomic E-state index is 0. The summed E-state index contributed by atoms with van der Waals surface area (Å²) in [6.45, 7) is 9.72. The predicted molar refractivity (Wildman–Crippen MR) is 101 cm³/mol. The van der Waals surface area contributed by atoms with Gasteiger partial charge in [0.1, 0.15) is 5.54 Å². The van der Waals surface area contributed by atoms with Gasteiger partial charge in [-0.05, 0) is 26.0 Å². The Morgan fingerprint density at radius 1 is 1.38 bits per heavy atom. The summed E-state index contributed by atoms with van der Waals surface area (Å²) < 4.78 is 5.71. The van der Waals surface area contributed by atoms with Crippen LogP contribution >= 0.6 is 24.8 Å². The number of rotatable bonds is 6. The average molecular weight is 378 g/mol. The zero-order chi connectivity index (χ0) is 16.4. The quantitative estimate of drug-likeness (QED) is 0.827. The lowest BCUT2D eigenvalue weighted by atomic mass is 9.54. The van der Waals surface area contributed by atoms with E-state index in [-0.39, 0.29) is 42.2 Å². The van der Waals surface area contributed by atoms with Crippen molar-refractivity contribution in [2.45, 2.75) is 52.3 Å².